The topological polar surface area (TPSA) is 50.4 Å². The van der Waals surface area contributed by atoms with Gasteiger partial charge in [-0.2, -0.15) is 0 Å². The number of hydrogen-bond donors (Lipinski definition) is 2. The molecule has 4 heteroatoms. The Hall–Kier alpha value is -3.73. The zero-order chi connectivity index (χ0) is 24.1. The zero-order valence-corrected chi connectivity index (χ0v) is 19.9. The second-order valence-corrected chi connectivity index (χ2v) is 9.31. The van der Waals surface area contributed by atoms with Gasteiger partial charge in [0.1, 0.15) is 17.8 Å². The van der Waals surface area contributed by atoms with Crippen molar-refractivity contribution in [2.45, 2.75) is 37.2 Å². The molecule has 0 aromatic heterocycles. The number of carbonyl (C=O) groups excluding carboxylic acids is 1. The minimum Gasteiger partial charge on any atom is -0.459 e. The van der Waals surface area contributed by atoms with E-state index in [0.29, 0.717) is 6.42 Å². The first-order valence-electron chi connectivity index (χ1n) is 12.0. The number of ether oxygens (including phenoxy) is 1. The van der Waals surface area contributed by atoms with Crippen LogP contribution >= 0.6 is 0 Å². The second kappa shape index (κ2) is 9.87. The third-order valence-corrected chi connectivity index (χ3v) is 6.79. The summed E-state index contributed by atoms with van der Waals surface area (Å²) < 4.78 is 5.90. The molecule has 0 saturated carbocycles. The van der Waals surface area contributed by atoms with E-state index in [0.717, 1.165) is 16.7 Å². The van der Waals surface area contributed by atoms with Crippen molar-refractivity contribution < 1.29 is 9.53 Å². The lowest BCUT2D eigenvalue weighted by Crippen LogP contribution is -2.55. The molecule has 1 aliphatic rings. The van der Waals surface area contributed by atoms with Gasteiger partial charge in [0.05, 0.1) is 6.04 Å². The molecule has 0 amide bonds. The molecule has 0 aliphatic carbocycles. The molecule has 1 heterocycles. The highest BCUT2D eigenvalue weighted by Gasteiger charge is 2.57. The molecule has 3 unspecified atom stereocenters. The van der Waals surface area contributed by atoms with Gasteiger partial charge in [0, 0.05) is 6.42 Å². The maximum Gasteiger partial charge on any atom is 0.328 e. The molecule has 4 aromatic rings. The van der Waals surface area contributed by atoms with Crippen LogP contribution in [0, 0.1) is 0 Å². The largest absolute Gasteiger partial charge is 0.459 e. The first-order valence-corrected chi connectivity index (χ1v) is 12.0. The fourth-order valence-corrected chi connectivity index (χ4v) is 5.02. The van der Waals surface area contributed by atoms with Crippen LogP contribution in [0.3, 0.4) is 0 Å². The molecule has 0 radical (unpaired) electrons. The maximum atomic E-state index is 13.8. The van der Waals surface area contributed by atoms with Crippen molar-refractivity contribution in [2.24, 2.45) is 0 Å². The fraction of sp³-hybridized carbons (Fsp3) is 0.194. The van der Waals surface area contributed by atoms with Crippen LogP contribution in [0.4, 0.5) is 0 Å². The SMILES string of the molecule is CC1(C(=O)OCc2ccccc2)NC(Cc2ccccc2)(c2ccccc2)NC1c1ccccc1. The number of carbonyl (C=O) groups is 1. The summed E-state index contributed by atoms with van der Waals surface area (Å²) in [6, 6.07) is 40.3. The quantitative estimate of drug-likeness (QED) is 0.355. The predicted octanol–water partition coefficient (Wildman–Crippen LogP) is 5.52. The molecular weight excluding hydrogens is 432 g/mol. The molecule has 1 fully saturated rings. The number of benzene rings is 4. The van der Waals surface area contributed by atoms with Gasteiger partial charge in [0.25, 0.3) is 0 Å². The van der Waals surface area contributed by atoms with Crippen LogP contribution in [0.5, 0.6) is 0 Å². The van der Waals surface area contributed by atoms with Crippen molar-refractivity contribution in [1.29, 1.82) is 0 Å². The van der Waals surface area contributed by atoms with Gasteiger partial charge in [-0.3, -0.25) is 10.6 Å². The van der Waals surface area contributed by atoms with Gasteiger partial charge in [0.15, 0.2) is 0 Å². The van der Waals surface area contributed by atoms with Gasteiger partial charge in [-0.25, -0.2) is 4.79 Å². The minimum atomic E-state index is -0.999. The highest BCUT2D eigenvalue weighted by Crippen LogP contribution is 2.42. The number of hydrogen-bond acceptors (Lipinski definition) is 4. The predicted molar refractivity (Wildman–Crippen MR) is 138 cm³/mol. The van der Waals surface area contributed by atoms with E-state index in [2.05, 4.69) is 47.0 Å². The first-order chi connectivity index (χ1) is 17.1. The van der Waals surface area contributed by atoms with Crippen molar-refractivity contribution in [3.63, 3.8) is 0 Å². The Bertz CT molecular complexity index is 1250. The van der Waals surface area contributed by atoms with E-state index in [4.69, 9.17) is 4.74 Å². The van der Waals surface area contributed by atoms with Gasteiger partial charge < -0.3 is 4.74 Å². The summed E-state index contributed by atoms with van der Waals surface area (Å²) in [5, 5.41) is 7.59. The Kier molecular flexibility index (Phi) is 6.49. The van der Waals surface area contributed by atoms with E-state index in [1.165, 1.54) is 5.56 Å². The molecule has 4 aromatic carbocycles. The average Bonchev–Trinajstić information content (AvgIpc) is 3.23. The number of nitrogens with one attached hydrogen (secondary N) is 2. The van der Waals surface area contributed by atoms with Crippen molar-refractivity contribution in [3.8, 4) is 0 Å². The third-order valence-electron chi connectivity index (χ3n) is 6.79. The Balaban J connectivity index is 1.54. The Morgan fingerprint density at radius 1 is 0.743 bits per heavy atom. The molecule has 2 N–H and O–H groups in total. The summed E-state index contributed by atoms with van der Waals surface area (Å²) in [7, 11) is 0. The van der Waals surface area contributed by atoms with Crippen molar-refractivity contribution in [1.82, 2.24) is 10.6 Å². The summed E-state index contributed by atoms with van der Waals surface area (Å²) in [5.74, 6) is -0.284. The van der Waals surface area contributed by atoms with Gasteiger partial charge in [-0.05, 0) is 29.2 Å². The Labute approximate surface area is 207 Å². The molecule has 4 nitrogen and oxygen atoms in total. The molecule has 35 heavy (non-hydrogen) atoms. The van der Waals surface area contributed by atoms with E-state index < -0.39 is 11.2 Å². The van der Waals surface area contributed by atoms with Crippen LogP contribution in [0.2, 0.25) is 0 Å². The van der Waals surface area contributed by atoms with E-state index in [1.54, 1.807) is 0 Å². The molecule has 1 aliphatic heterocycles. The molecule has 1 saturated heterocycles. The summed E-state index contributed by atoms with van der Waals surface area (Å²) in [5.41, 5.74) is 2.58. The monoisotopic (exact) mass is 462 g/mol. The van der Waals surface area contributed by atoms with Crippen molar-refractivity contribution in [3.05, 3.63) is 144 Å². The molecular formula is C31H30N2O2. The number of rotatable bonds is 7. The summed E-state index contributed by atoms with van der Waals surface area (Å²) in [6.45, 7) is 2.18. The van der Waals surface area contributed by atoms with Crippen LogP contribution in [0.1, 0.15) is 35.2 Å². The maximum absolute atomic E-state index is 13.8. The van der Waals surface area contributed by atoms with Crippen LogP contribution in [-0.2, 0) is 28.2 Å². The normalized spacial score (nSPS) is 23.6. The highest BCUT2D eigenvalue weighted by atomic mass is 16.5. The standard InChI is InChI=1S/C31H30N2O2/c1-30(29(34)35-23-25-16-8-3-9-17-25)28(26-18-10-4-11-19-26)32-31(33-30,27-20-12-5-13-21-27)22-24-14-6-2-7-15-24/h2-21,28,32-33H,22-23H2,1H3. The van der Waals surface area contributed by atoms with Gasteiger partial charge in [0.2, 0.25) is 0 Å². The van der Waals surface area contributed by atoms with Crippen LogP contribution in [-0.4, -0.2) is 11.5 Å². The van der Waals surface area contributed by atoms with E-state index in [9.17, 15) is 4.79 Å². The molecule has 5 rings (SSSR count). The van der Waals surface area contributed by atoms with Gasteiger partial charge in [-0.15, -0.1) is 0 Å². The lowest BCUT2D eigenvalue weighted by atomic mass is 9.88. The van der Waals surface area contributed by atoms with Crippen molar-refractivity contribution in [2.75, 3.05) is 0 Å². The van der Waals surface area contributed by atoms with Crippen LogP contribution in [0.25, 0.3) is 0 Å². The summed E-state index contributed by atoms with van der Waals surface area (Å²) in [4.78, 5) is 13.8. The molecule has 3 atom stereocenters. The van der Waals surface area contributed by atoms with Gasteiger partial charge in [-0.1, -0.05) is 121 Å². The fourth-order valence-electron chi connectivity index (χ4n) is 5.02. The summed E-state index contributed by atoms with van der Waals surface area (Å²) in [6.07, 6.45) is 0.669. The smallest absolute Gasteiger partial charge is 0.328 e. The lowest BCUT2D eigenvalue weighted by molar-refractivity contribution is -0.152. The highest BCUT2D eigenvalue weighted by molar-refractivity contribution is 5.83. The minimum absolute atomic E-state index is 0.232. The molecule has 0 spiro atoms. The van der Waals surface area contributed by atoms with Crippen LogP contribution < -0.4 is 10.6 Å². The van der Waals surface area contributed by atoms with Gasteiger partial charge >= 0.3 is 5.97 Å². The van der Waals surface area contributed by atoms with Crippen molar-refractivity contribution >= 4 is 5.97 Å². The van der Waals surface area contributed by atoms with Crippen LogP contribution in [0.15, 0.2) is 121 Å². The zero-order valence-electron chi connectivity index (χ0n) is 19.9. The molecule has 176 valence electrons. The lowest BCUT2D eigenvalue weighted by Gasteiger charge is -2.33. The Morgan fingerprint density at radius 2 is 1.26 bits per heavy atom. The molecule has 0 bridgehead atoms. The average molecular weight is 463 g/mol. The van der Waals surface area contributed by atoms with E-state index in [1.807, 2.05) is 91.9 Å². The third kappa shape index (κ3) is 4.76. The summed E-state index contributed by atoms with van der Waals surface area (Å²) >= 11 is 0. The van der Waals surface area contributed by atoms with E-state index >= 15 is 0 Å². The number of esters is 1. The Morgan fingerprint density at radius 3 is 1.86 bits per heavy atom. The first kappa shape index (κ1) is 23.0. The second-order valence-electron chi connectivity index (χ2n) is 9.31. The van der Waals surface area contributed by atoms with E-state index in [-0.39, 0.29) is 18.6 Å².